The lowest BCUT2D eigenvalue weighted by Crippen LogP contribution is -2.46. The van der Waals surface area contributed by atoms with Crippen molar-refractivity contribution in [1.29, 1.82) is 0 Å². The normalized spacial score (nSPS) is 14.6. The third kappa shape index (κ3) is 6.37. The fourth-order valence-corrected chi connectivity index (χ4v) is 5.27. The average Bonchev–Trinajstić information content (AvgIpc) is 3.40. The molecule has 0 atom stereocenters. The predicted molar refractivity (Wildman–Crippen MR) is 159 cm³/mol. The number of ether oxygens (including phenoxy) is 2. The molecule has 0 spiro atoms. The Hall–Kier alpha value is -3.92. The molecule has 0 amide bonds. The summed E-state index contributed by atoms with van der Waals surface area (Å²) in [5, 5.41) is 9.49. The lowest BCUT2D eigenvalue weighted by atomic mass is 10.2. The van der Waals surface area contributed by atoms with Crippen LogP contribution in [0.5, 0.6) is 11.5 Å². The number of rotatable bonds is 10. The number of methoxy groups -OCH3 is 1. The number of fused-ring (bicyclic) bond motifs is 2. The molecule has 2 aromatic heterocycles. The first-order valence-electron chi connectivity index (χ1n) is 13.8. The largest absolute Gasteiger partial charge is 0.497 e. The Bertz CT molecular complexity index is 1680. The molecule has 1 aliphatic heterocycles. The van der Waals surface area contributed by atoms with Crippen LogP contribution in [0.1, 0.15) is 17.5 Å². The van der Waals surface area contributed by atoms with Gasteiger partial charge in [0.25, 0.3) is 0 Å². The van der Waals surface area contributed by atoms with Gasteiger partial charge < -0.3 is 18.8 Å². The van der Waals surface area contributed by atoms with Gasteiger partial charge in [-0.15, -0.1) is 5.10 Å². The van der Waals surface area contributed by atoms with Crippen molar-refractivity contribution in [2.75, 3.05) is 46.4 Å². The Labute approximate surface area is 242 Å². The number of hydrogen-bond donors (Lipinski definition) is 0. The molecule has 1 aliphatic rings. The van der Waals surface area contributed by atoms with Crippen molar-refractivity contribution >= 4 is 33.8 Å². The highest BCUT2D eigenvalue weighted by Gasteiger charge is 2.18. The summed E-state index contributed by atoms with van der Waals surface area (Å²) in [6.07, 6.45) is 0.913. The molecule has 0 unspecified atom stereocenters. The van der Waals surface area contributed by atoms with Crippen LogP contribution in [0.4, 0.5) is 0 Å². The van der Waals surface area contributed by atoms with Crippen molar-refractivity contribution in [3.63, 3.8) is 0 Å². The van der Waals surface area contributed by atoms with E-state index in [1.807, 2.05) is 42.5 Å². The molecule has 5 aromatic rings. The van der Waals surface area contributed by atoms with E-state index in [-0.39, 0.29) is 10.9 Å². The van der Waals surface area contributed by atoms with Crippen molar-refractivity contribution in [3.05, 3.63) is 93.1 Å². The lowest BCUT2D eigenvalue weighted by Gasteiger charge is -2.34. The maximum absolute atomic E-state index is 13.1. The molecule has 0 saturated carbocycles. The molecule has 0 bridgehead atoms. The van der Waals surface area contributed by atoms with Gasteiger partial charge in [-0.2, -0.15) is 0 Å². The Morgan fingerprint density at radius 3 is 2.32 bits per heavy atom. The van der Waals surface area contributed by atoms with Gasteiger partial charge in [0.15, 0.2) is 5.52 Å². The number of aromatic nitrogens is 3. The van der Waals surface area contributed by atoms with E-state index in [1.165, 1.54) is 5.56 Å². The van der Waals surface area contributed by atoms with E-state index in [0.717, 1.165) is 62.0 Å². The fraction of sp³-hybridized carbons (Fsp3) is 0.323. The van der Waals surface area contributed by atoms with Gasteiger partial charge in [0.1, 0.15) is 17.1 Å². The molecule has 212 valence electrons. The third-order valence-electron chi connectivity index (χ3n) is 7.47. The molecule has 0 N–H and O–H groups in total. The first-order chi connectivity index (χ1) is 20.1. The third-order valence-corrected chi connectivity index (χ3v) is 7.72. The highest BCUT2D eigenvalue weighted by molar-refractivity contribution is 6.30. The van der Waals surface area contributed by atoms with E-state index >= 15 is 0 Å². The number of benzene rings is 3. The van der Waals surface area contributed by atoms with E-state index in [2.05, 4.69) is 32.2 Å². The molecular weight excluding hydrogens is 542 g/mol. The number of piperazine rings is 1. The van der Waals surface area contributed by atoms with Crippen molar-refractivity contribution < 1.29 is 13.9 Å². The summed E-state index contributed by atoms with van der Waals surface area (Å²) in [5.74, 6) is 1.44. The molecule has 41 heavy (non-hydrogen) atoms. The van der Waals surface area contributed by atoms with E-state index in [1.54, 1.807) is 23.9 Å². The first-order valence-corrected chi connectivity index (χ1v) is 14.2. The van der Waals surface area contributed by atoms with Crippen molar-refractivity contribution in [2.45, 2.75) is 19.5 Å². The zero-order valence-corrected chi connectivity index (χ0v) is 23.7. The highest BCUT2D eigenvalue weighted by Crippen LogP contribution is 2.23. The average molecular weight is 574 g/mol. The topological polar surface area (TPSA) is 85.9 Å². The molecule has 0 aliphatic carbocycles. The van der Waals surface area contributed by atoms with E-state index < -0.39 is 0 Å². The van der Waals surface area contributed by atoms with Crippen LogP contribution in [0.3, 0.4) is 0 Å². The van der Waals surface area contributed by atoms with Crippen molar-refractivity contribution in [2.24, 2.45) is 0 Å². The molecule has 1 fully saturated rings. The second-order valence-electron chi connectivity index (χ2n) is 10.3. The van der Waals surface area contributed by atoms with Gasteiger partial charge in [-0.1, -0.05) is 41.1 Å². The minimum absolute atomic E-state index is 0.205. The summed E-state index contributed by atoms with van der Waals surface area (Å²) in [6, 6.07) is 21.1. The molecule has 0 radical (unpaired) electrons. The molecular formula is C31H32ClN5O4. The van der Waals surface area contributed by atoms with Gasteiger partial charge in [0.2, 0.25) is 11.1 Å². The van der Waals surface area contributed by atoms with Gasteiger partial charge in [-0.05, 0) is 53.9 Å². The van der Waals surface area contributed by atoms with Crippen LogP contribution in [0.15, 0.2) is 75.9 Å². The Morgan fingerprint density at radius 2 is 1.56 bits per heavy atom. The Morgan fingerprint density at radius 1 is 0.878 bits per heavy atom. The van der Waals surface area contributed by atoms with Crippen LogP contribution in [0.25, 0.3) is 22.2 Å². The van der Waals surface area contributed by atoms with Gasteiger partial charge in [0.05, 0.1) is 25.6 Å². The summed E-state index contributed by atoms with van der Waals surface area (Å²) in [6.45, 7) is 7.12. The fourth-order valence-electron chi connectivity index (χ4n) is 5.15. The summed E-state index contributed by atoms with van der Waals surface area (Å²) in [7, 11) is 1.63. The van der Waals surface area contributed by atoms with Gasteiger partial charge in [-0.25, -0.2) is 4.68 Å². The van der Waals surface area contributed by atoms with E-state index in [4.69, 9.17) is 25.5 Å². The molecule has 1 saturated heterocycles. The summed E-state index contributed by atoms with van der Waals surface area (Å²) in [5.41, 5.74) is 3.08. The zero-order valence-electron chi connectivity index (χ0n) is 23.0. The summed E-state index contributed by atoms with van der Waals surface area (Å²) >= 11 is 6.00. The van der Waals surface area contributed by atoms with Gasteiger partial charge in [-0.3, -0.25) is 9.69 Å². The Balaban J connectivity index is 1.03. The van der Waals surface area contributed by atoms with Crippen LogP contribution in [0, 0.1) is 0 Å². The van der Waals surface area contributed by atoms with Crippen LogP contribution < -0.4 is 14.9 Å². The number of hydrogen-bond acceptors (Lipinski definition) is 8. The summed E-state index contributed by atoms with van der Waals surface area (Å²) < 4.78 is 19.0. The number of halogens is 1. The van der Waals surface area contributed by atoms with E-state index in [0.29, 0.717) is 35.6 Å². The quantitative estimate of drug-likeness (QED) is 0.220. The summed E-state index contributed by atoms with van der Waals surface area (Å²) in [4.78, 5) is 18.0. The van der Waals surface area contributed by atoms with Crippen molar-refractivity contribution in [1.82, 2.24) is 24.8 Å². The van der Waals surface area contributed by atoms with Crippen LogP contribution in [0.2, 0.25) is 5.02 Å². The molecule has 3 heterocycles. The first kappa shape index (κ1) is 27.3. The van der Waals surface area contributed by atoms with Crippen molar-refractivity contribution in [3.8, 4) is 11.5 Å². The standard InChI is InChI=1S/C31H32ClN5O4/c1-39-25-9-5-23(6-10-25)21-37-31-29(33-34-37)30(38)27-12-11-26(19-28(27)41-31)40-18-2-13-35-14-16-36(17-15-35)20-22-3-7-24(32)8-4-22/h3-12,19H,2,13-18,20-21H2,1H3. The maximum Gasteiger partial charge on any atom is 0.250 e. The molecule has 3 aromatic carbocycles. The zero-order chi connectivity index (χ0) is 28.2. The number of nitrogens with zero attached hydrogens (tertiary/aromatic N) is 5. The molecule has 10 heteroatoms. The van der Waals surface area contributed by atoms with Gasteiger partial charge >= 0.3 is 0 Å². The second-order valence-corrected chi connectivity index (χ2v) is 10.7. The van der Waals surface area contributed by atoms with Crippen LogP contribution in [-0.2, 0) is 13.1 Å². The van der Waals surface area contributed by atoms with Crippen LogP contribution >= 0.6 is 11.6 Å². The maximum atomic E-state index is 13.1. The highest BCUT2D eigenvalue weighted by atomic mass is 35.5. The monoisotopic (exact) mass is 573 g/mol. The molecule has 9 nitrogen and oxygen atoms in total. The minimum Gasteiger partial charge on any atom is -0.497 e. The minimum atomic E-state index is -0.205. The molecule has 6 rings (SSSR count). The SMILES string of the molecule is COc1ccc(Cn2nnc3c(=O)c4ccc(OCCCN5CCN(Cc6ccc(Cl)cc6)CC5)cc4oc32)cc1. The van der Waals surface area contributed by atoms with E-state index in [9.17, 15) is 4.79 Å². The Kier molecular flexibility index (Phi) is 8.18. The van der Waals surface area contributed by atoms with Crippen LogP contribution in [-0.4, -0.2) is 71.2 Å². The predicted octanol–water partition coefficient (Wildman–Crippen LogP) is 4.83. The second kappa shape index (κ2) is 12.3. The smallest absolute Gasteiger partial charge is 0.250 e. The lowest BCUT2D eigenvalue weighted by molar-refractivity contribution is 0.121. The van der Waals surface area contributed by atoms with Gasteiger partial charge in [0, 0.05) is 50.4 Å².